The summed E-state index contributed by atoms with van der Waals surface area (Å²) in [6, 6.07) is 8.58. The van der Waals surface area contributed by atoms with Crippen LogP contribution in [-0.4, -0.2) is 30.4 Å². The molecule has 1 aromatic rings. The van der Waals surface area contributed by atoms with Crippen LogP contribution in [0.15, 0.2) is 24.3 Å². The molecule has 2 rings (SSSR count). The van der Waals surface area contributed by atoms with Crippen LogP contribution in [0.25, 0.3) is 0 Å². The van der Waals surface area contributed by atoms with E-state index in [1.807, 2.05) is 12.1 Å². The maximum atomic E-state index is 10.4. The molecule has 0 bridgehead atoms. The van der Waals surface area contributed by atoms with Gasteiger partial charge in [-0.15, -0.1) is 0 Å². The second-order valence-electron chi connectivity index (χ2n) is 6.16. The van der Waals surface area contributed by atoms with Gasteiger partial charge in [-0.3, -0.25) is 0 Å². The summed E-state index contributed by atoms with van der Waals surface area (Å²) in [4.78, 5) is 0. The van der Waals surface area contributed by atoms with Gasteiger partial charge < -0.3 is 15.2 Å². The van der Waals surface area contributed by atoms with E-state index in [2.05, 4.69) is 31.3 Å². The van der Waals surface area contributed by atoms with Crippen LogP contribution in [0.1, 0.15) is 51.0 Å². The summed E-state index contributed by atoms with van der Waals surface area (Å²) < 4.78 is 5.19. The van der Waals surface area contributed by atoms with E-state index in [-0.39, 0.29) is 0 Å². The van der Waals surface area contributed by atoms with Crippen LogP contribution < -0.4 is 10.1 Å². The van der Waals surface area contributed by atoms with E-state index in [1.165, 1.54) is 5.56 Å². The second kappa shape index (κ2) is 6.59. The minimum absolute atomic E-state index is 0.341. The lowest BCUT2D eigenvalue weighted by Gasteiger charge is -2.28. The maximum Gasteiger partial charge on any atom is 0.118 e. The highest BCUT2D eigenvalue weighted by Gasteiger charge is 2.31. The maximum absolute atomic E-state index is 10.4. The molecule has 2 unspecified atom stereocenters. The number of rotatable bonds is 6. The number of hydrogen-bond acceptors (Lipinski definition) is 3. The van der Waals surface area contributed by atoms with Gasteiger partial charge in [-0.1, -0.05) is 31.9 Å². The Labute approximate surface area is 122 Å². The van der Waals surface area contributed by atoms with Gasteiger partial charge >= 0.3 is 0 Å². The molecule has 1 aliphatic rings. The number of methoxy groups -OCH3 is 1. The van der Waals surface area contributed by atoms with Crippen molar-refractivity contribution in [3.63, 3.8) is 0 Å². The van der Waals surface area contributed by atoms with Gasteiger partial charge in [0.25, 0.3) is 0 Å². The summed E-state index contributed by atoms with van der Waals surface area (Å²) in [5.74, 6) is 1.30. The highest BCUT2D eigenvalue weighted by atomic mass is 16.5. The lowest BCUT2D eigenvalue weighted by Crippen LogP contribution is -2.43. The van der Waals surface area contributed by atoms with Crippen LogP contribution in [0.5, 0.6) is 5.75 Å². The van der Waals surface area contributed by atoms with Crippen molar-refractivity contribution in [3.05, 3.63) is 29.8 Å². The summed E-state index contributed by atoms with van der Waals surface area (Å²) >= 11 is 0. The average molecular weight is 277 g/mol. The lowest BCUT2D eigenvalue weighted by molar-refractivity contribution is 0.0447. The molecule has 2 atom stereocenters. The molecule has 1 fully saturated rings. The van der Waals surface area contributed by atoms with Crippen LogP contribution in [0.4, 0.5) is 0 Å². The Morgan fingerprint density at radius 2 is 1.80 bits per heavy atom. The molecule has 0 heterocycles. The van der Waals surface area contributed by atoms with Crippen molar-refractivity contribution in [2.24, 2.45) is 0 Å². The van der Waals surface area contributed by atoms with E-state index >= 15 is 0 Å². The summed E-state index contributed by atoms with van der Waals surface area (Å²) in [7, 11) is 1.69. The van der Waals surface area contributed by atoms with Crippen LogP contribution >= 0.6 is 0 Å². The van der Waals surface area contributed by atoms with Gasteiger partial charge in [0, 0.05) is 12.6 Å². The van der Waals surface area contributed by atoms with Gasteiger partial charge in [0.05, 0.1) is 12.7 Å². The molecule has 3 heteroatoms. The van der Waals surface area contributed by atoms with E-state index in [9.17, 15) is 5.11 Å². The Hall–Kier alpha value is -1.06. The molecule has 20 heavy (non-hydrogen) atoms. The summed E-state index contributed by atoms with van der Waals surface area (Å²) in [6.07, 6.45) is 4.18. The lowest BCUT2D eigenvalue weighted by atomic mass is 9.93. The smallest absolute Gasteiger partial charge is 0.118 e. The van der Waals surface area contributed by atoms with Gasteiger partial charge in [-0.25, -0.2) is 0 Å². The first kappa shape index (κ1) is 15.3. The Kier molecular flexibility index (Phi) is 5.06. The van der Waals surface area contributed by atoms with Gasteiger partial charge in [-0.05, 0) is 43.4 Å². The third-order valence-corrected chi connectivity index (χ3v) is 4.68. The van der Waals surface area contributed by atoms with Crippen molar-refractivity contribution >= 4 is 0 Å². The highest BCUT2D eigenvalue weighted by molar-refractivity contribution is 5.29. The van der Waals surface area contributed by atoms with E-state index in [0.29, 0.717) is 18.5 Å². The fourth-order valence-electron chi connectivity index (χ4n) is 2.93. The van der Waals surface area contributed by atoms with Crippen LogP contribution in [0.3, 0.4) is 0 Å². The summed E-state index contributed by atoms with van der Waals surface area (Å²) in [6.45, 7) is 5.11. The molecular formula is C17H27NO2. The SMILES string of the molecule is COc1ccc(C(C)C(C)NCC2(O)CCCC2)cc1. The number of ether oxygens (including phenoxy) is 1. The molecule has 0 radical (unpaired) electrons. The summed E-state index contributed by atoms with van der Waals surface area (Å²) in [5.41, 5.74) is 0.817. The Morgan fingerprint density at radius 1 is 1.20 bits per heavy atom. The molecule has 1 saturated carbocycles. The molecule has 0 amide bonds. The third kappa shape index (κ3) is 3.74. The normalized spacial score (nSPS) is 20.6. The fraction of sp³-hybridized carbons (Fsp3) is 0.647. The van der Waals surface area contributed by atoms with Crippen molar-refractivity contribution < 1.29 is 9.84 Å². The standard InChI is InChI=1S/C17H27NO2/c1-13(15-6-8-16(20-3)9-7-15)14(2)18-12-17(19)10-4-5-11-17/h6-9,13-14,18-19H,4-5,10-12H2,1-3H3. The van der Waals surface area contributed by atoms with Crippen LogP contribution in [0, 0.1) is 0 Å². The Balaban J connectivity index is 1.88. The molecule has 3 nitrogen and oxygen atoms in total. The third-order valence-electron chi connectivity index (χ3n) is 4.68. The van der Waals surface area contributed by atoms with Crippen molar-refractivity contribution in [1.82, 2.24) is 5.32 Å². The number of hydrogen-bond donors (Lipinski definition) is 2. The molecule has 112 valence electrons. The molecule has 0 aliphatic heterocycles. The molecule has 0 saturated heterocycles. The predicted octanol–water partition coefficient (Wildman–Crippen LogP) is 3.08. The van der Waals surface area contributed by atoms with Gasteiger partial charge in [0.1, 0.15) is 5.75 Å². The van der Waals surface area contributed by atoms with Gasteiger partial charge in [0.15, 0.2) is 0 Å². The largest absolute Gasteiger partial charge is 0.497 e. The van der Waals surface area contributed by atoms with E-state index in [1.54, 1.807) is 7.11 Å². The molecule has 1 aliphatic carbocycles. The molecule has 2 N–H and O–H groups in total. The van der Waals surface area contributed by atoms with Crippen molar-refractivity contribution in [1.29, 1.82) is 0 Å². The van der Waals surface area contributed by atoms with Crippen LogP contribution in [0.2, 0.25) is 0 Å². The van der Waals surface area contributed by atoms with Crippen molar-refractivity contribution in [2.75, 3.05) is 13.7 Å². The number of aliphatic hydroxyl groups is 1. The second-order valence-corrected chi connectivity index (χ2v) is 6.16. The highest BCUT2D eigenvalue weighted by Crippen LogP contribution is 2.29. The van der Waals surface area contributed by atoms with Gasteiger partial charge in [0.2, 0.25) is 0 Å². The predicted molar refractivity (Wildman–Crippen MR) is 82.3 cm³/mol. The fourth-order valence-corrected chi connectivity index (χ4v) is 2.93. The van der Waals surface area contributed by atoms with Crippen LogP contribution in [-0.2, 0) is 0 Å². The monoisotopic (exact) mass is 277 g/mol. The first-order chi connectivity index (χ1) is 9.54. The minimum Gasteiger partial charge on any atom is -0.497 e. The first-order valence-corrected chi connectivity index (χ1v) is 7.64. The zero-order chi connectivity index (χ0) is 14.6. The molecule has 0 aromatic heterocycles. The van der Waals surface area contributed by atoms with Crippen molar-refractivity contribution in [3.8, 4) is 5.75 Å². The van der Waals surface area contributed by atoms with E-state index in [4.69, 9.17) is 4.74 Å². The van der Waals surface area contributed by atoms with Gasteiger partial charge in [-0.2, -0.15) is 0 Å². The first-order valence-electron chi connectivity index (χ1n) is 7.64. The Bertz CT molecular complexity index is 410. The molecule has 0 spiro atoms. The topological polar surface area (TPSA) is 41.5 Å². The minimum atomic E-state index is -0.478. The number of nitrogens with one attached hydrogen (secondary N) is 1. The quantitative estimate of drug-likeness (QED) is 0.839. The average Bonchev–Trinajstić information content (AvgIpc) is 2.91. The van der Waals surface area contributed by atoms with E-state index in [0.717, 1.165) is 31.4 Å². The number of benzene rings is 1. The summed E-state index contributed by atoms with van der Waals surface area (Å²) in [5, 5.41) is 13.9. The molecule has 1 aromatic carbocycles. The zero-order valence-corrected chi connectivity index (χ0v) is 12.9. The molecular weight excluding hydrogens is 250 g/mol. The van der Waals surface area contributed by atoms with Crippen molar-refractivity contribution in [2.45, 2.75) is 57.1 Å². The van der Waals surface area contributed by atoms with E-state index < -0.39 is 5.60 Å². The zero-order valence-electron chi connectivity index (χ0n) is 12.9. The Morgan fingerprint density at radius 3 is 2.35 bits per heavy atom.